The number of benzene rings is 2. The number of para-hydroxylation sites is 1. The van der Waals surface area contributed by atoms with Crippen LogP contribution >= 0.6 is 0 Å². The number of aryl methyl sites for hydroxylation is 1. The van der Waals surface area contributed by atoms with Crippen LogP contribution in [-0.4, -0.2) is 55.1 Å². The van der Waals surface area contributed by atoms with E-state index >= 15 is 0 Å². The van der Waals surface area contributed by atoms with Gasteiger partial charge in [0.2, 0.25) is 5.78 Å². The molecule has 0 spiro atoms. The predicted octanol–water partition coefficient (Wildman–Crippen LogP) is 2.91. The van der Waals surface area contributed by atoms with Crippen LogP contribution in [0.3, 0.4) is 0 Å². The number of rotatable bonds is 5. The van der Waals surface area contributed by atoms with Crippen LogP contribution < -0.4 is 5.56 Å². The smallest absolute Gasteiger partial charge is 0.262 e. The Balaban J connectivity index is 1.37. The van der Waals surface area contributed by atoms with Crippen molar-refractivity contribution < 1.29 is 4.39 Å². The number of hydrogen-bond acceptors (Lipinski definition) is 5. The lowest BCUT2D eigenvalue weighted by atomic mass is 10.2. The van der Waals surface area contributed by atoms with Crippen molar-refractivity contribution in [3.63, 3.8) is 0 Å². The highest BCUT2D eigenvalue weighted by Crippen LogP contribution is 2.17. The molecule has 0 unspecified atom stereocenters. The molecule has 0 aliphatic carbocycles. The van der Waals surface area contributed by atoms with Crippen molar-refractivity contribution in [3.05, 3.63) is 76.1 Å². The van der Waals surface area contributed by atoms with Gasteiger partial charge in [0.25, 0.3) is 5.56 Å². The zero-order valence-electron chi connectivity index (χ0n) is 18.2. The summed E-state index contributed by atoms with van der Waals surface area (Å²) in [5.41, 5.74) is 1.96. The molecule has 1 aliphatic rings. The molecule has 0 atom stereocenters. The van der Waals surface area contributed by atoms with Crippen LogP contribution in [0.15, 0.2) is 53.3 Å². The topological polar surface area (TPSA) is 58.7 Å². The van der Waals surface area contributed by atoms with Crippen molar-refractivity contribution >= 4 is 16.7 Å². The van der Waals surface area contributed by atoms with Gasteiger partial charge in [-0.15, -0.1) is 10.2 Å². The van der Waals surface area contributed by atoms with Gasteiger partial charge in [-0.3, -0.25) is 23.6 Å². The summed E-state index contributed by atoms with van der Waals surface area (Å²) in [7, 11) is 0. The van der Waals surface area contributed by atoms with E-state index in [9.17, 15) is 9.18 Å². The van der Waals surface area contributed by atoms with E-state index in [-0.39, 0.29) is 11.4 Å². The Kier molecular flexibility index (Phi) is 5.71. The summed E-state index contributed by atoms with van der Waals surface area (Å²) < 4.78 is 16.9. The van der Waals surface area contributed by atoms with Crippen LogP contribution in [0.2, 0.25) is 0 Å². The van der Waals surface area contributed by atoms with Crippen LogP contribution in [0.5, 0.6) is 0 Å². The molecule has 2 aromatic carbocycles. The first kappa shape index (κ1) is 20.8. The minimum atomic E-state index is -0.197. The molecular formula is C24H27FN6O. The molecule has 2 aromatic heterocycles. The Morgan fingerprint density at radius 1 is 0.906 bits per heavy atom. The van der Waals surface area contributed by atoms with Gasteiger partial charge < -0.3 is 0 Å². The van der Waals surface area contributed by atoms with E-state index in [0.717, 1.165) is 56.0 Å². The maximum absolute atomic E-state index is 13.2. The second-order valence-corrected chi connectivity index (χ2v) is 8.35. The van der Waals surface area contributed by atoms with E-state index in [1.165, 1.54) is 12.1 Å². The Morgan fingerprint density at radius 2 is 1.62 bits per heavy atom. The van der Waals surface area contributed by atoms with E-state index in [1.807, 2.05) is 47.7 Å². The molecule has 1 fully saturated rings. The molecule has 8 heteroatoms. The van der Waals surface area contributed by atoms with Crippen molar-refractivity contribution in [2.75, 3.05) is 26.2 Å². The van der Waals surface area contributed by atoms with Crippen molar-refractivity contribution in [2.45, 2.75) is 33.0 Å². The fourth-order valence-corrected chi connectivity index (χ4v) is 4.59. The van der Waals surface area contributed by atoms with Crippen molar-refractivity contribution in [1.29, 1.82) is 0 Å². The quantitative estimate of drug-likeness (QED) is 0.484. The van der Waals surface area contributed by atoms with Gasteiger partial charge in [-0.1, -0.05) is 24.3 Å². The first-order valence-corrected chi connectivity index (χ1v) is 11.2. The number of aromatic nitrogens is 4. The van der Waals surface area contributed by atoms with E-state index in [1.54, 1.807) is 4.57 Å². The van der Waals surface area contributed by atoms with Crippen LogP contribution in [0.1, 0.15) is 24.7 Å². The highest BCUT2D eigenvalue weighted by Gasteiger charge is 2.20. The van der Waals surface area contributed by atoms with Crippen molar-refractivity contribution in [1.82, 2.24) is 29.0 Å². The molecule has 32 heavy (non-hydrogen) atoms. The average Bonchev–Trinajstić information content (AvgIpc) is 3.09. The molecule has 4 aromatic rings. The zero-order chi connectivity index (χ0) is 22.1. The standard InChI is InChI=1S/C24H27FN6O/c1-2-30-23(32)20-6-3-4-7-21(20)31-22(26-27-24(30)31)17-29-13-5-12-28(14-15-29)16-18-8-10-19(25)11-9-18/h3-4,6-11H,2,5,12-17H2,1H3. The van der Waals surface area contributed by atoms with Crippen molar-refractivity contribution in [2.24, 2.45) is 0 Å². The van der Waals surface area contributed by atoms with Gasteiger partial charge in [0.1, 0.15) is 5.82 Å². The number of fused-ring (bicyclic) bond motifs is 3. The molecule has 0 N–H and O–H groups in total. The molecule has 0 amide bonds. The Bertz CT molecular complexity index is 1300. The Morgan fingerprint density at radius 3 is 2.38 bits per heavy atom. The molecule has 0 bridgehead atoms. The summed E-state index contributed by atoms with van der Waals surface area (Å²) in [4.78, 5) is 17.7. The Labute approximate surface area is 185 Å². The second kappa shape index (κ2) is 8.80. The molecule has 0 radical (unpaired) electrons. The molecule has 5 rings (SSSR count). The monoisotopic (exact) mass is 434 g/mol. The largest absolute Gasteiger partial charge is 0.298 e. The molecule has 0 saturated carbocycles. The van der Waals surface area contributed by atoms with Gasteiger partial charge in [-0.25, -0.2) is 4.39 Å². The molecule has 3 heterocycles. The summed E-state index contributed by atoms with van der Waals surface area (Å²) in [6.45, 7) is 7.85. The van der Waals surface area contributed by atoms with Crippen molar-refractivity contribution in [3.8, 4) is 0 Å². The number of nitrogens with zero attached hydrogens (tertiary/aromatic N) is 6. The highest BCUT2D eigenvalue weighted by atomic mass is 19.1. The van der Waals surface area contributed by atoms with E-state index < -0.39 is 0 Å². The molecule has 166 valence electrons. The van der Waals surface area contributed by atoms with Gasteiger partial charge >= 0.3 is 0 Å². The minimum absolute atomic E-state index is 0.0271. The molecule has 7 nitrogen and oxygen atoms in total. The first-order chi connectivity index (χ1) is 15.6. The first-order valence-electron chi connectivity index (χ1n) is 11.2. The SMILES string of the molecule is CCn1c(=O)c2ccccc2n2c(CN3CCCN(Cc4ccc(F)cc4)CC3)nnc12. The third-order valence-corrected chi connectivity index (χ3v) is 6.26. The normalized spacial score (nSPS) is 16.1. The van der Waals surface area contributed by atoms with Gasteiger partial charge in [0.05, 0.1) is 17.4 Å². The fraction of sp³-hybridized carbons (Fsp3) is 0.375. The van der Waals surface area contributed by atoms with Crippen LogP contribution in [0, 0.1) is 5.82 Å². The van der Waals surface area contributed by atoms with Crippen LogP contribution in [0.4, 0.5) is 4.39 Å². The van der Waals surface area contributed by atoms with Gasteiger partial charge in [0, 0.05) is 26.2 Å². The summed E-state index contributed by atoms with van der Waals surface area (Å²) in [5.74, 6) is 1.25. The van der Waals surface area contributed by atoms with Gasteiger partial charge in [0.15, 0.2) is 5.82 Å². The minimum Gasteiger partial charge on any atom is -0.298 e. The molecular weight excluding hydrogens is 407 g/mol. The lowest BCUT2D eigenvalue weighted by molar-refractivity contribution is 0.243. The summed E-state index contributed by atoms with van der Waals surface area (Å²) in [6.07, 6.45) is 1.05. The predicted molar refractivity (Wildman–Crippen MR) is 122 cm³/mol. The summed E-state index contributed by atoms with van der Waals surface area (Å²) in [6, 6.07) is 14.4. The summed E-state index contributed by atoms with van der Waals surface area (Å²) >= 11 is 0. The Hall–Kier alpha value is -3.10. The van der Waals surface area contributed by atoms with Gasteiger partial charge in [-0.05, 0) is 56.3 Å². The maximum atomic E-state index is 13.2. The van der Waals surface area contributed by atoms with E-state index in [2.05, 4.69) is 20.0 Å². The molecule has 1 saturated heterocycles. The number of halogens is 1. The lowest BCUT2D eigenvalue weighted by Gasteiger charge is -2.21. The van der Waals surface area contributed by atoms with Gasteiger partial charge in [-0.2, -0.15) is 0 Å². The third-order valence-electron chi connectivity index (χ3n) is 6.26. The maximum Gasteiger partial charge on any atom is 0.262 e. The third kappa shape index (κ3) is 3.91. The lowest BCUT2D eigenvalue weighted by Crippen LogP contribution is -2.31. The van der Waals surface area contributed by atoms with E-state index in [4.69, 9.17) is 0 Å². The second-order valence-electron chi connectivity index (χ2n) is 8.35. The van der Waals surface area contributed by atoms with Crippen LogP contribution in [0.25, 0.3) is 16.7 Å². The number of hydrogen-bond donors (Lipinski definition) is 0. The molecule has 1 aliphatic heterocycles. The zero-order valence-corrected chi connectivity index (χ0v) is 18.2. The van der Waals surface area contributed by atoms with E-state index in [0.29, 0.717) is 24.3 Å². The summed E-state index contributed by atoms with van der Waals surface area (Å²) in [5, 5.41) is 9.54. The van der Waals surface area contributed by atoms with Crippen LogP contribution in [-0.2, 0) is 19.6 Å². The highest BCUT2D eigenvalue weighted by molar-refractivity contribution is 5.80. The average molecular weight is 435 g/mol. The fourth-order valence-electron chi connectivity index (χ4n) is 4.59.